The molecule has 1 amide bonds. The van der Waals surface area contributed by atoms with Crippen LogP contribution in [-0.4, -0.2) is 41.4 Å². The first-order chi connectivity index (χ1) is 9.19. The molecule has 1 saturated heterocycles. The van der Waals surface area contributed by atoms with Crippen LogP contribution in [0, 0.1) is 11.7 Å². The van der Waals surface area contributed by atoms with E-state index in [1.165, 1.54) is 23.9 Å². The topological polar surface area (TPSA) is 40.5 Å². The fourth-order valence-corrected chi connectivity index (χ4v) is 3.01. The molecular weight excluding hydrogens is 265 g/mol. The number of likely N-dealkylation sites (tertiary alicyclic amines) is 1. The maximum atomic E-state index is 12.8. The molecule has 3 nitrogen and oxygen atoms in total. The van der Waals surface area contributed by atoms with Crippen LogP contribution in [0.2, 0.25) is 0 Å². The van der Waals surface area contributed by atoms with E-state index in [0.717, 1.165) is 24.3 Å². The largest absolute Gasteiger partial charge is 0.396 e. The van der Waals surface area contributed by atoms with Gasteiger partial charge in [0.25, 0.3) is 0 Å². The van der Waals surface area contributed by atoms with Gasteiger partial charge >= 0.3 is 0 Å². The molecule has 0 aliphatic carbocycles. The average Bonchev–Trinajstić information content (AvgIpc) is 2.46. The molecule has 1 N–H and O–H groups in total. The third-order valence-electron chi connectivity index (χ3n) is 3.31. The Morgan fingerprint density at radius 1 is 1.42 bits per heavy atom. The van der Waals surface area contributed by atoms with Gasteiger partial charge in [-0.05, 0) is 43.0 Å². The molecule has 0 radical (unpaired) electrons. The second-order valence-corrected chi connectivity index (χ2v) is 5.82. The number of carbonyl (C=O) groups is 1. The standard InChI is InChI=1S/C14H18FNO2S/c15-12-3-5-13(6-4-12)19-10-14(18)16-7-1-2-11(8-16)9-17/h3-6,11,17H,1-2,7-10H2. The molecule has 5 heteroatoms. The molecule has 1 aromatic rings. The van der Waals surface area contributed by atoms with Crippen molar-refractivity contribution in [2.45, 2.75) is 17.7 Å². The minimum Gasteiger partial charge on any atom is -0.396 e. The Balaban J connectivity index is 1.82. The van der Waals surface area contributed by atoms with E-state index in [1.807, 2.05) is 4.90 Å². The Labute approximate surface area is 116 Å². The van der Waals surface area contributed by atoms with Crippen molar-refractivity contribution in [1.29, 1.82) is 0 Å². The summed E-state index contributed by atoms with van der Waals surface area (Å²) in [4.78, 5) is 14.8. The molecule has 1 unspecified atom stereocenters. The van der Waals surface area contributed by atoms with Gasteiger partial charge in [-0.1, -0.05) is 0 Å². The summed E-state index contributed by atoms with van der Waals surface area (Å²) < 4.78 is 12.8. The molecule has 1 aromatic carbocycles. The highest BCUT2D eigenvalue weighted by molar-refractivity contribution is 8.00. The zero-order valence-electron chi connectivity index (χ0n) is 10.7. The van der Waals surface area contributed by atoms with Gasteiger partial charge in [0, 0.05) is 24.6 Å². The monoisotopic (exact) mass is 283 g/mol. The molecule has 19 heavy (non-hydrogen) atoms. The number of carbonyl (C=O) groups excluding carboxylic acids is 1. The summed E-state index contributed by atoms with van der Waals surface area (Å²) in [5.74, 6) is 0.405. The number of rotatable bonds is 4. The molecule has 0 saturated carbocycles. The number of piperidine rings is 1. The Bertz CT molecular complexity index is 424. The van der Waals surface area contributed by atoms with E-state index in [2.05, 4.69) is 0 Å². The highest BCUT2D eigenvalue weighted by atomic mass is 32.2. The lowest BCUT2D eigenvalue weighted by atomic mass is 9.99. The van der Waals surface area contributed by atoms with Crippen molar-refractivity contribution in [3.63, 3.8) is 0 Å². The van der Waals surface area contributed by atoms with Gasteiger partial charge in [0.05, 0.1) is 5.75 Å². The lowest BCUT2D eigenvalue weighted by Crippen LogP contribution is -2.41. The van der Waals surface area contributed by atoms with Gasteiger partial charge in [-0.3, -0.25) is 4.79 Å². The van der Waals surface area contributed by atoms with Gasteiger partial charge < -0.3 is 10.0 Å². The van der Waals surface area contributed by atoms with Crippen LogP contribution in [0.4, 0.5) is 4.39 Å². The fraction of sp³-hybridized carbons (Fsp3) is 0.500. The minimum atomic E-state index is -0.266. The van der Waals surface area contributed by atoms with Crippen molar-refractivity contribution < 1.29 is 14.3 Å². The second kappa shape index (κ2) is 6.91. The van der Waals surface area contributed by atoms with Crippen LogP contribution in [-0.2, 0) is 4.79 Å². The third-order valence-corrected chi connectivity index (χ3v) is 4.30. The summed E-state index contributed by atoms with van der Waals surface area (Å²) in [5.41, 5.74) is 0. The van der Waals surface area contributed by atoms with E-state index in [4.69, 9.17) is 5.11 Å². The fourth-order valence-electron chi connectivity index (χ4n) is 2.21. The molecule has 1 aliphatic heterocycles. The summed E-state index contributed by atoms with van der Waals surface area (Å²) in [5, 5.41) is 9.15. The minimum absolute atomic E-state index is 0.0903. The van der Waals surface area contributed by atoms with Gasteiger partial charge in [-0.25, -0.2) is 4.39 Å². The molecule has 0 spiro atoms. The first-order valence-electron chi connectivity index (χ1n) is 6.46. The first-order valence-corrected chi connectivity index (χ1v) is 7.44. The number of amides is 1. The summed E-state index contributed by atoms with van der Waals surface area (Å²) in [6, 6.07) is 6.16. The number of nitrogens with zero attached hydrogens (tertiary/aromatic N) is 1. The van der Waals surface area contributed by atoms with Gasteiger partial charge in [0.1, 0.15) is 5.82 Å². The number of aliphatic hydroxyl groups is 1. The maximum absolute atomic E-state index is 12.8. The Hall–Kier alpha value is -1.07. The number of hydrogen-bond acceptors (Lipinski definition) is 3. The van der Waals surface area contributed by atoms with Crippen molar-refractivity contribution >= 4 is 17.7 Å². The van der Waals surface area contributed by atoms with E-state index in [9.17, 15) is 9.18 Å². The van der Waals surface area contributed by atoms with E-state index >= 15 is 0 Å². The van der Waals surface area contributed by atoms with Crippen LogP contribution in [0.3, 0.4) is 0 Å². The molecule has 1 fully saturated rings. The van der Waals surface area contributed by atoms with Crippen LogP contribution in [0.25, 0.3) is 0 Å². The summed E-state index contributed by atoms with van der Waals surface area (Å²) in [7, 11) is 0. The number of thioether (sulfide) groups is 1. The van der Waals surface area contributed by atoms with E-state index in [0.29, 0.717) is 12.3 Å². The van der Waals surface area contributed by atoms with Crippen LogP contribution < -0.4 is 0 Å². The number of benzene rings is 1. The highest BCUT2D eigenvalue weighted by Gasteiger charge is 2.22. The summed E-state index contributed by atoms with van der Waals surface area (Å²) in [6.45, 7) is 1.58. The molecule has 2 rings (SSSR count). The third kappa shape index (κ3) is 4.21. The second-order valence-electron chi connectivity index (χ2n) is 4.77. The summed E-state index contributed by atoms with van der Waals surface area (Å²) >= 11 is 1.42. The van der Waals surface area contributed by atoms with Crippen LogP contribution in [0.5, 0.6) is 0 Å². The van der Waals surface area contributed by atoms with E-state index in [-0.39, 0.29) is 24.2 Å². The first kappa shape index (κ1) is 14.3. The number of halogens is 1. The van der Waals surface area contributed by atoms with Gasteiger partial charge in [-0.2, -0.15) is 0 Å². The molecule has 1 aliphatic rings. The number of hydrogen-bond donors (Lipinski definition) is 1. The number of aliphatic hydroxyl groups excluding tert-OH is 1. The predicted molar refractivity (Wildman–Crippen MR) is 73.5 cm³/mol. The van der Waals surface area contributed by atoms with Gasteiger partial charge in [0.15, 0.2) is 0 Å². The Morgan fingerprint density at radius 2 is 2.16 bits per heavy atom. The van der Waals surface area contributed by atoms with Crippen molar-refractivity contribution in [3.8, 4) is 0 Å². The van der Waals surface area contributed by atoms with E-state index < -0.39 is 0 Å². The quantitative estimate of drug-likeness (QED) is 0.861. The van der Waals surface area contributed by atoms with Crippen molar-refractivity contribution in [2.24, 2.45) is 5.92 Å². The zero-order chi connectivity index (χ0) is 13.7. The SMILES string of the molecule is O=C(CSc1ccc(F)cc1)N1CCCC(CO)C1. The van der Waals surface area contributed by atoms with Crippen LogP contribution in [0.1, 0.15) is 12.8 Å². The normalized spacial score (nSPS) is 19.5. The van der Waals surface area contributed by atoms with Crippen LogP contribution in [0.15, 0.2) is 29.2 Å². The highest BCUT2D eigenvalue weighted by Crippen LogP contribution is 2.21. The predicted octanol–water partition coefficient (Wildman–Crippen LogP) is 2.15. The average molecular weight is 283 g/mol. The maximum Gasteiger partial charge on any atom is 0.232 e. The van der Waals surface area contributed by atoms with Gasteiger partial charge in [0.2, 0.25) is 5.91 Å². The van der Waals surface area contributed by atoms with Crippen molar-refractivity contribution in [2.75, 3.05) is 25.4 Å². The van der Waals surface area contributed by atoms with Gasteiger partial charge in [-0.15, -0.1) is 11.8 Å². The van der Waals surface area contributed by atoms with Crippen molar-refractivity contribution in [3.05, 3.63) is 30.1 Å². The van der Waals surface area contributed by atoms with Crippen LogP contribution >= 0.6 is 11.8 Å². The van der Waals surface area contributed by atoms with E-state index in [1.54, 1.807) is 12.1 Å². The molecule has 1 atom stereocenters. The molecule has 104 valence electrons. The molecule has 0 aromatic heterocycles. The Kier molecular flexibility index (Phi) is 5.22. The van der Waals surface area contributed by atoms with Crippen molar-refractivity contribution in [1.82, 2.24) is 4.90 Å². The lowest BCUT2D eigenvalue weighted by Gasteiger charge is -2.31. The zero-order valence-corrected chi connectivity index (χ0v) is 11.5. The Morgan fingerprint density at radius 3 is 2.84 bits per heavy atom. The molecular formula is C14H18FNO2S. The molecule has 0 bridgehead atoms. The summed E-state index contributed by atoms with van der Waals surface area (Å²) in [6.07, 6.45) is 1.95. The smallest absolute Gasteiger partial charge is 0.232 e. The molecule has 1 heterocycles. The lowest BCUT2D eigenvalue weighted by molar-refractivity contribution is -0.130.